The van der Waals surface area contributed by atoms with Gasteiger partial charge in [-0.2, -0.15) is 0 Å². The Labute approximate surface area is 161 Å². The van der Waals surface area contributed by atoms with E-state index in [9.17, 15) is 20.0 Å². The number of carbonyl (C=O) groups excluding carboxylic acids is 1. The van der Waals surface area contributed by atoms with Crippen molar-refractivity contribution in [1.82, 2.24) is 20.2 Å². The molecule has 1 aromatic heterocycles. The fourth-order valence-corrected chi connectivity index (χ4v) is 2.68. The van der Waals surface area contributed by atoms with Crippen LogP contribution in [-0.2, 0) is 0 Å². The fraction of sp³-hybridized carbons (Fsp3) is 0.333. The van der Waals surface area contributed by atoms with Gasteiger partial charge in [0, 0.05) is 49.6 Å². The van der Waals surface area contributed by atoms with Crippen LogP contribution in [0.25, 0.3) is 5.69 Å². The second-order valence-electron chi connectivity index (χ2n) is 5.63. The molecule has 1 saturated heterocycles. The number of β-amino-alcohol motifs (C(OH)–C–C–N with tert-alkyl or cyclic N) is 1. The Bertz CT molecular complexity index is 756. The van der Waals surface area contributed by atoms with Gasteiger partial charge in [0.2, 0.25) is 0 Å². The van der Waals surface area contributed by atoms with Crippen LogP contribution < -0.4 is 10.6 Å². The number of aliphatic hydroxyl groups excluding tert-OH is 1. The molecule has 26 heavy (non-hydrogen) atoms. The number of aromatic nitrogens is 2. The Morgan fingerprint density at radius 2 is 2.19 bits per heavy atom. The summed E-state index contributed by atoms with van der Waals surface area (Å²) in [6.07, 6.45) is 4.07. The maximum Gasteiger partial charge on any atom is 0.294 e. The summed E-state index contributed by atoms with van der Waals surface area (Å²) in [4.78, 5) is 26.9. The number of nitro benzene ring substituents is 1. The highest BCUT2D eigenvalue weighted by Crippen LogP contribution is 2.24. The van der Waals surface area contributed by atoms with Gasteiger partial charge in [-0.3, -0.25) is 14.9 Å². The van der Waals surface area contributed by atoms with Gasteiger partial charge >= 0.3 is 0 Å². The highest BCUT2D eigenvalue weighted by molar-refractivity contribution is 5.95. The summed E-state index contributed by atoms with van der Waals surface area (Å²) in [6.45, 7) is 1.44. The van der Waals surface area contributed by atoms with Crippen LogP contribution in [0.3, 0.4) is 0 Å². The van der Waals surface area contributed by atoms with Crippen LogP contribution in [0.1, 0.15) is 10.4 Å². The van der Waals surface area contributed by atoms with Crippen molar-refractivity contribution in [2.24, 2.45) is 5.92 Å². The normalized spacial score (nSPS) is 18.5. The molecule has 0 spiro atoms. The average molecular weight is 404 g/mol. The van der Waals surface area contributed by atoms with Crippen molar-refractivity contribution >= 4 is 36.4 Å². The molecular weight excluding hydrogens is 385 g/mol. The first-order valence-electron chi connectivity index (χ1n) is 7.50. The number of nitro groups is 1. The van der Waals surface area contributed by atoms with Gasteiger partial charge in [0.05, 0.1) is 17.4 Å². The Morgan fingerprint density at radius 1 is 1.42 bits per heavy atom. The average Bonchev–Trinajstić information content (AvgIpc) is 3.23. The van der Waals surface area contributed by atoms with Crippen LogP contribution >= 0.6 is 24.8 Å². The van der Waals surface area contributed by atoms with Gasteiger partial charge in [-0.05, 0) is 12.1 Å². The molecule has 3 N–H and O–H groups in total. The minimum absolute atomic E-state index is 0. The van der Waals surface area contributed by atoms with Crippen molar-refractivity contribution in [2.45, 2.75) is 6.10 Å². The van der Waals surface area contributed by atoms with Gasteiger partial charge < -0.3 is 20.3 Å². The van der Waals surface area contributed by atoms with Gasteiger partial charge in [0.1, 0.15) is 5.69 Å². The molecule has 1 amide bonds. The van der Waals surface area contributed by atoms with Gasteiger partial charge in [-0.15, -0.1) is 24.8 Å². The lowest BCUT2D eigenvalue weighted by molar-refractivity contribution is -0.384. The molecule has 142 valence electrons. The zero-order valence-electron chi connectivity index (χ0n) is 13.6. The maximum atomic E-state index is 12.2. The minimum atomic E-state index is -0.531. The van der Waals surface area contributed by atoms with Crippen LogP contribution in [0, 0.1) is 16.0 Å². The molecule has 2 atom stereocenters. The first kappa shape index (κ1) is 21.8. The quantitative estimate of drug-likeness (QED) is 0.504. The molecule has 1 aliphatic rings. The second-order valence-corrected chi connectivity index (χ2v) is 5.63. The summed E-state index contributed by atoms with van der Waals surface area (Å²) in [5.74, 6) is -0.469. The van der Waals surface area contributed by atoms with Crippen molar-refractivity contribution in [3.05, 3.63) is 52.6 Å². The van der Waals surface area contributed by atoms with Crippen molar-refractivity contribution in [1.29, 1.82) is 0 Å². The number of nitrogens with zero attached hydrogens (tertiary/aromatic N) is 3. The molecule has 2 unspecified atom stereocenters. The van der Waals surface area contributed by atoms with Gasteiger partial charge in [0.25, 0.3) is 11.6 Å². The van der Waals surface area contributed by atoms with Crippen molar-refractivity contribution in [3.8, 4) is 5.69 Å². The molecule has 2 aromatic rings. The number of carbonyl (C=O) groups is 1. The monoisotopic (exact) mass is 403 g/mol. The van der Waals surface area contributed by atoms with E-state index in [1.165, 1.54) is 35.3 Å². The van der Waals surface area contributed by atoms with Crippen molar-refractivity contribution in [3.63, 3.8) is 0 Å². The van der Waals surface area contributed by atoms with Crippen molar-refractivity contribution in [2.75, 3.05) is 19.6 Å². The van der Waals surface area contributed by atoms with E-state index < -0.39 is 16.9 Å². The van der Waals surface area contributed by atoms with Gasteiger partial charge in [0.15, 0.2) is 0 Å². The molecule has 1 fully saturated rings. The lowest BCUT2D eigenvalue weighted by Crippen LogP contribution is -2.34. The Morgan fingerprint density at radius 3 is 2.77 bits per heavy atom. The largest absolute Gasteiger partial charge is 0.391 e. The fourth-order valence-electron chi connectivity index (χ4n) is 2.68. The molecule has 2 heterocycles. The van der Waals surface area contributed by atoms with E-state index in [1.807, 2.05) is 0 Å². The van der Waals surface area contributed by atoms with E-state index >= 15 is 0 Å². The summed E-state index contributed by atoms with van der Waals surface area (Å²) >= 11 is 0. The zero-order valence-corrected chi connectivity index (χ0v) is 15.2. The number of hydrogen-bond acceptors (Lipinski definition) is 6. The summed E-state index contributed by atoms with van der Waals surface area (Å²) in [5.41, 5.74) is 0.360. The van der Waals surface area contributed by atoms with E-state index in [0.717, 1.165) is 0 Å². The predicted molar refractivity (Wildman–Crippen MR) is 99.4 cm³/mol. The van der Waals surface area contributed by atoms with Crippen LogP contribution in [0.5, 0.6) is 0 Å². The van der Waals surface area contributed by atoms with E-state index in [4.69, 9.17) is 0 Å². The van der Waals surface area contributed by atoms with Crippen LogP contribution in [-0.4, -0.2) is 51.2 Å². The molecular formula is C15H19Cl2N5O4. The Balaban J connectivity index is 0.00000169. The molecule has 1 aromatic carbocycles. The molecule has 0 radical (unpaired) electrons. The van der Waals surface area contributed by atoms with Gasteiger partial charge in [-0.1, -0.05) is 0 Å². The van der Waals surface area contributed by atoms with E-state index in [0.29, 0.717) is 25.3 Å². The highest BCUT2D eigenvalue weighted by Gasteiger charge is 2.25. The maximum absolute atomic E-state index is 12.2. The molecule has 9 nitrogen and oxygen atoms in total. The zero-order chi connectivity index (χ0) is 17.1. The predicted octanol–water partition coefficient (Wildman–Crippen LogP) is 0.934. The third kappa shape index (κ3) is 4.70. The highest BCUT2D eigenvalue weighted by atomic mass is 35.5. The molecule has 0 bridgehead atoms. The number of amides is 1. The van der Waals surface area contributed by atoms with E-state index in [-0.39, 0.29) is 42.0 Å². The third-order valence-corrected chi connectivity index (χ3v) is 4.05. The standard InChI is InChI=1S/C15H17N5O4.2ClH/c21-14-8-17-6-11(14)7-18-15(22)10-1-2-12(13(5-10)20(23)24)19-4-3-16-9-19;;/h1-5,9,11,14,17,21H,6-8H2,(H,18,22);2*1H. The number of hydrogen-bond donors (Lipinski definition) is 3. The van der Waals surface area contributed by atoms with E-state index in [2.05, 4.69) is 15.6 Å². The van der Waals surface area contributed by atoms with Gasteiger partial charge in [-0.25, -0.2) is 4.98 Å². The topological polar surface area (TPSA) is 122 Å². The van der Waals surface area contributed by atoms with Crippen LogP contribution in [0.15, 0.2) is 36.9 Å². The lowest BCUT2D eigenvalue weighted by Gasteiger charge is -2.14. The molecule has 0 saturated carbocycles. The number of aliphatic hydroxyl groups is 1. The smallest absolute Gasteiger partial charge is 0.294 e. The Kier molecular flexibility index (Phi) is 7.97. The third-order valence-electron chi connectivity index (χ3n) is 4.05. The Hall–Kier alpha value is -2.20. The summed E-state index contributed by atoms with van der Waals surface area (Å²) in [6, 6.07) is 4.29. The summed E-state index contributed by atoms with van der Waals surface area (Å²) in [5, 5.41) is 26.8. The number of benzene rings is 1. The number of imidazole rings is 1. The molecule has 11 heteroatoms. The van der Waals surface area contributed by atoms with Crippen LogP contribution in [0.2, 0.25) is 0 Å². The summed E-state index contributed by atoms with van der Waals surface area (Å²) < 4.78 is 1.51. The van der Waals surface area contributed by atoms with Crippen LogP contribution in [0.4, 0.5) is 5.69 Å². The van der Waals surface area contributed by atoms with E-state index in [1.54, 1.807) is 6.20 Å². The summed E-state index contributed by atoms with van der Waals surface area (Å²) in [7, 11) is 0. The first-order valence-corrected chi connectivity index (χ1v) is 7.50. The second kappa shape index (κ2) is 9.48. The number of nitrogens with one attached hydrogen (secondary N) is 2. The number of halogens is 2. The SMILES string of the molecule is Cl.Cl.O=C(NCC1CNCC1O)c1ccc(-n2ccnc2)c([N+](=O)[O-])c1. The molecule has 0 aliphatic carbocycles. The minimum Gasteiger partial charge on any atom is -0.391 e. The number of rotatable bonds is 5. The molecule has 3 rings (SSSR count). The first-order chi connectivity index (χ1) is 11.6. The molecule has 1 aliphatic heterocycles. The lowest BCUT2D eigenvalue weighted by atomic mass is 10.1. The van der Waals surface area contributed by atoms with Crippen molar-refractivity contribution < 1.29 is 14.8 Å².